The molecule has 2 rings (SSSR count). The lowest BCUT2D eigenvalue weighted by Gasteiger charge is -2.16. The van der Waals surface area contributed by atoms with Crippen molar-refractivity contribution >= 4 is 16.8 Å². The fourth-order valence-electron chi connectivity index (χ4n) is 2.06. The minimum absolute atomic E-state index is 0.0718. The van der Waals surface area contributed by atoms with Crippen LogP contribution in [-0.2, 0) is 11.3 Å². The van der Waals surface area contributed by atoms with E-state index in [1.807, 2.05) is 19.1 Å². The molecule has 0 spiro atoms. The van der Waals surface area contributed by atoms with Crippen LogP contribution in [0.3, 0.4) is 0 Å². The van der Waals surface area contributed by atoms with Crippen molar-refractivity contribution in [2.45, 2.75) is 19.9 Å². The predicted molar refractivity (Wildman–Crippen MR) is 78.6 cm³/mol. The lowest BCUT2D eigenvalue weighted by Crippen LogP contribution is -2.34. The Kier molecular flexibility index (Phi) is 4.33. The van der Waals surface area contributed by atoms with Crippen LogP contribution in [0.15, 0.2) is 29.3 Å². The van der Waals surface area contributed by atoms with Gasteiger partial charge in [0.25, 0.3) is 5.56 Å². The van der Waals surface area contributed by atoms with Crippen LogP contribution in [-0.4, -0.2) is 34.0 Å². The zero-order valence-corrected chi connectivity index (χ0v) is 12.0. The second-order valence-electron chi connectivity index (χ2n) is 4.87. The van der Waals surface area contributed by atoms with E-state index in [0.29, 0.717) is 17.4 Å². The third-order valence-electron chi connectivity index (χ3n) is 3.35. The Morgan fingerprint density at radius 2 is 2.24 bits per heavy atom. The summed E-state index contributed by atoms with van der Waals surface area (Å²) < 4.78 is 1.30. The van der Waals surface area contributed by atoms with Gasteiger partial charge < -0.3 is 4.90 Å². The van der Waals surface area contributed by atoms with Crippen LogP contribution in [0.1, 0.15) is 12.0 Å². The minimum atomic E-state index is -0.231. The van der Waals surface area contributed by atoms with Crippen LogP contribution in [0.4, 0.5) is 0 Å². The van der Waals surface area contributed by atoms with E-state index in [-0.39, 0.29) is 24.4 Å². The van der Waals surface area contributed by atoms with Gasteiger partial charge in [-0.2, -0.15) is 5.26 Å². The number of aromatic nitrogens is 2. The molecule has 108 valence electrons. The number of fused-ring (bicyclic) bond motifs is 1. The molecule has 0 aliphatic carbocycles. The summed E-state index contributed by atoms with van der Waals surface area (Å²) in [5.74, 6) is -0.221. The van der Waals surface area contributed by atoms with Crippen molar-refractivity contribution in [3.63, 3.8) is 0 Å². The van der Waals surface area contributed by atoms with Gasteiger partial charge in [-0.15, -0.1) is 0 Å². The van der Waals surface area contributed by atoms with Crippen LogP contribution in [0, 0.1) is 18.3 Å². The largest absolute Gasteiger partial charge is 0.343 e. The van der Waals surface area contributed by atoms with Crippen LogP contribution < -0.4 is 5.56 Å². The molecule has 1 aromatic carbocycles. The molecule has 2 aromatic rings. The van der Waals surface area contributed by atoms with Crippen molar-refractivity contribution in [2.24, 2.45) is 0 Å². The summed E-state index contributed by atoms with van der Waals surface area (Å²) in [6, 6.07) is 7.38. The molecular weight excluding hydrogens is 268 g/mol. The molecule has 1 aromatic heterocycles. The van der Waals surface area contributed by atoms with E-state index >= 15 is 0 Å². The van der Waals surface area contributed by atoms with E-state index in [0.717, 1.165) is 5.56 Å². The van der Waals surface area contributed by atoms with Crippen molar-refractivity contribution < 1.29 is 4.79 Å². The summed E-state index contributed by atoms with van der Waals surface area (Å²) in [5.41, 5.74) is 1.35. The first-order valence-corrected chi connectivity index (χ1v) is 6.60. The molecule has 0 fully saturated rings. The summed E-state index contributed by atoms with van der Waals surface area (Å²) in [6.07, 6.45) is 1.67. The minimum Gasteiger partial charge on any atom is -0.343 e. The maximum atomic E-state index is 12.4. The summed E-state index contributed by atoms with van der Waals surface area (Å²) >= 11 is 0. The smallest absolute Gasteiger partial charge is 0.261 e. The molecule has 1 heterocycles. The van der Waals surface area contributed by atoms with E-state index in [1.54, 1.807) is 19.2 Å². The average molecular weight is 284 g/mol. The highest BCUT2D eigenvalue weighted by molar-refractivity contribution is 5.81. The predicted octanol–water partition coefficient (Wildman–Crippen LogP) is 1.08. The average Bonchev–Trinajstić information content (AvgIpc) is 2.48. The third-order valence-corrected chi connectivity index (χ3v) is 3.35. The van der Waals surface area contributed by atoms with Gasteiger partial charge in [0.1, 0.15) is 6.54 Å². The Balaban J connectivity index is 2.28. The molecule has 0 saturated heterocycles. The van der Waals surface area contributed by atoms with Gasteiger partial charge in [-0.05, 0) is 18.6 Å². The number of amides is 1. The molecule has 6 heteroatoms. The highest BCUT2D eigenvalue weighted by Gasteiger charge is 2.12. The number of para-hydroxylation sites is 1. The summed E-state index contributed by atoms with van der Waals surface area (Å²) in [4.78, 5) is 30.1. The van der Waals surface area contributed by atoms with Gasteiger partial charge in [-0.25, -0.2) is 4.98 Å². The van der Waals surface area contributed by atoms with Crippen molar-refractivity contribution in [2.75, 3.05) is 13.6 Å². The summed E-state index contributed by atoms with van der Waals surface area (Å²) in [7, 11) is 1.61. The van der Waals surface area contributed by atoms with Gasteiger partial charge in [0.2, 0.25) is 5.91 Å². The molecule has 21 heavy (non-hydrogen) atoms. The zero-order valence-electron chi connectivity index (χ0n) is 12.0. The van der Waals surface area contributed by atoms with Crippen LogP contribution in [0.25, 0.3) is 10.9 Å². The Morgan fingerprint density at radius 1 is 1.48 bits per heavy atom. The van der Waals surface area contributed by atoms with E-state index in [4.69, 9.17) is 5.26 Å². The monoisotopic (exact) mass is 284 g/mol. The molecule has 0 radical (unpaired) electrons. The first kappa shape index (κ1) is 14.7. The fraction of sp³-hybridized carbons (Fsp3) is 0.333. The Morgan fingerprint density at radius 3 is 2.95 bits per heavy atom. The maximum Gasteiger partial charge on any atom is 0.261 e. The fourth-order valence-corrected chi connectivity index (χ4v) is 2.06. The summed E-state index contributed by atoms with van der Waals surface area (Å²) in [6.45, 7) is 2.17. The van der Waals surface area contributed by atoms with Crippen molar-refractivity contribution in [1.29, 1.82) is 5.26 Å². The zero-order chi connectivity index (χ0) is 15.4. The number of carbonyl (C=O) groups is 1. The van der Waals surface area contributed by atoms with Crippen molar-refractivity contribution in [3.05, 3.63) is 40.4 Å². The lowest BCUT2D eigenvalue weighted by molar-refractivity contribution is -0.130. The molecular formula is C15H16N4O2. The quantitative estimate of drug-likeness (QED) is 0.841. The lowest BCUT2D eigenvalue weighted by atomic mass is 10.1. The number of nitrogens with zero attached hydrogens (tertiary/aromatic N) is 4. The van der Waals surface area contributed by atoms with Gasteiger partial charge >= 0.3 is 0 Å². The Hall–Kier alpha value is -2.68. The highest BCUT2D eigenvalue weighted by atomic mass is 16.2. The third kappa shape index (κ3) is 3.08. The number of carbonyl (C=O) groups excluding carboxylic acids is 1. The van der Waals surface area contributed by atoms with Gasteiger partial charge in [0.05, 0.1) is 29.7 Å². The van der Waals surface area contributed by atoms with E-state index in [2.05, 4.69) is 4.98 Å². The number of likely N-dealkylation sites (N-methyl/N-ethyl adjacent to an activating group) is 1. The SMILES string of the molecule is Cc1cccc2c(=O)n(CC(=O)N(C)CCC#N)cnc12. The van der Waals surface area contributed by atoms with Crippen LogP contribution in [0.2, 0.25) is 0 Å². The second-order valence-corrected chi connectivity index (χ2v) is 4.87. The standard InChI is InChI=1S/C15H16N4O2/c1-11-5-3-6-12-14(11)17-10-19(15(12)21)9-13(20)18(2)8-4-7-16/h3,5-6,10H,4,8-9H2,1-2H3. The van der Waals surface area contributed by atoms with Gasteiger partial charge in [-0.3, -0.25) is 14.2 Å². The molecule has 0 saturated carbocycles. The van der Waals surface area contributed by atoms with Crippen LogP contribution in [0.5, 0.6) is 0 Å². The van der Waals surface area contributed by atoms with E-state index < -0.39 is 0 Å². The molecule has 0 aliphatic rings. The van der Waals surface area contributed by atoms with E-state index in [1.165, 1.54) is 15.8 Å². The molecule has 1 amide bonds. The number of nitriles is 1. The van der Waals surface area contributed by atoms with Crippen molar-refractivity contribution in [1.82, 2.24) is 14.5 Å². The Labute approximate surface area is 122 Å². The van der Waals surface area contributed by atoms with Crippen molar-refractivity contribution in [3.8, 4) is 6.07 Å². The molecule has 0 atom stereocenters. The molecule has 0 N–H and O–H groups in total. The van der Waals surface area contributed by atoms with Crippen LogP contribution >= 0.6 is 0 Å². The number of benzene rings is 1. The number of hydrogen-bond acceptors (Lipinski definition) is 4. The molecule has 0 aliphatic heterocycles. The maximum absolute atomic E-state index is 12.4. The molecule has 0 unspecified atom stereocenters. The van der Waals surface area contributed by atoms with E-state index in [9.17, 15) is 9.59 Å². The summed E-state index contributed by atoms with van der Waals surface area (Å²) in [5, 5.41) is 9.03. The van der Waals surface area contributed by atoms with Gasteiger partial charge in [-0.1, -0.05) is 12.1 Å². The molecule has 0 bridgehead atoms. The second kappa shape index (κ2) is 6.18. The first-order chi connectivity index (χ1) is 10.0. The van der Waals surface area contributed by atoms with Gasteiger partial charge in [0.15, 0.2) is 0 Å². The highest BCUT2D eigenvalue weighted by Crippen LogP contribution is 2.11. The number of hydrogen-bond donors (Lipinski definition) is 0. The number of aryl methyl sites for hydroxylation is 1. The first-order valence-electron chi connectivity index (χ1n) is 6.60. The Bertz CT molecular complexity index is 773. The number of rotatable bonds is 4. The molecule has 6 nitrogen and oxygen atoms in total. The normalized spacial score (nSPS) is 10.3. The topological polar surface area (TPSA) is 79.0 Å². The van der Waals surface area contributed by atoms with Gasteiger partial charge in [0, 0.05) is 13.6 Å².